The van der Waals surface area contributed by atoms with Gasteiger partial charge in [-0.15, -0.1) is 24.0 Å². The number of aromatic nitrogens is 4. The monoisotopic (exact) mass is 473 g/mol. The Morgan fingerprint density at radius 2 is 1.92 bits per heavy atom. The Morgan fingerprint density at radius 3 is 2.50 bits per heavy atom. The molecule has 0 bridgehead atoms. The van der Waals surface area contributed by atoms with Gasteiger partial charge < -0.3 is 10.6 Å². The summed E-state index contributed by atoms with van der Waals surface area (Å²) >= 11 is 0. The molecule has 2 heterocycles. The molecule has 0 aliphatic rings. The highest BCUT2D eigenvalue weighted by Gasteiger charge is 2.02. The highest BCUT2D eigenvalue weighted by atomic mass is 127. The quantitative estimate of drug-likeness (QED) is 0.254. The Hall–Kier alpha value is -1.58. The van der Waals surface area contributed by atoms with E-state index in [2.05, 4.69) is 50.4 Å². The number of rotatable bonds is 9. The lowest BCUT2D eigenvalue weighted by molar-refractivity contribution is 0.554. The van der Waals surface area contributed by atoms with Gasteiger partial charge in [0.1, 0.15) is 0 Å². The van der Waals surface area contributed by atoms with Crippen LogP contribution >= 0.6 is 24.0 Å². The van der Waals surface area contributed by atoms with Gasteiger partial charge in [0.15, 0.2) is 5.96 Å². The van der Waals surface area contributed by atoms with Crippen LogP contribution in [-0.2, 0) is 20.1 Å². The van der Waals surface area contributed by atoms with Crippen molar-refractivity contribution in [2.75, 3.05) is 13.1 Å². The summed E-state index contributed by atoms with van der Waals surface area (Å²) in [4.78, 5) is 4.66. The van der Waals surface area contributed by atoms with Crippen molar-refractivity contribution in [1.82, 2.24) is 30.2 Å². The number of nitrogens with zero attached hydrogens (tertiary/aromatic N) is 5. The van der Waals surface area contributed by atoms with Gasteiger partial charge in [-0.2, -0.15) is 10.2 Å². The largest absolute Gasteiger partial charge is 0.356 e. The summed E-state index contributed by atoms with van der Waals surface area (Å²) < 4.78 is 3.87. The van der Waals surface area contributed by atoms with E-state index >= 15 is 0 Å². The summed E-state index contributed by atoms with van der Waals surface area (Å²) in [5.41, 5.74) is 3.40. The average Bonchev–Trinajstić information content (AvgIpc) is 3.13. The summed E-state index contributed by atoms with van der Waals surface area (Å²) in [5.74, 6) is 0.866. The van der Waals surface area contributed by atoms with Crippen LogP contribution in [0.3, 0.4) is 0 Å². The number of halogens is 1. The van der Waals surface area contributed by atoms with E-state index in [4.69, 9.17) is 0 Å². The molecule has 2 aromatic rings. The molecule has 0 aromatic carbocycles. The van der Waals surface area contributed by atoms with Crippen LogP contribution in [0.5, 0.6) is 0 Å². The third-order valence-electron chi connectivity index (χ3n) is 3.94. The summed E-state index contributed by atoms with van der Waals surface area (Å²) in [6.45, 7) is 9.67. The third kappa shape index (κ3) is 7.76. The molecule has 7 nitrogen and oxygen atoms in total. The molecule has 0 aliphatic carbocycles. The first-order chi connectivity index (χ1) is 12.1. The van der Waals surface area contributed by atoms with E-state index in [1.54, 1.807) is 4.68 Å². The number of hydrogen-bond donors (Lipinski definition) is 2. The molecule has 0 saturated carbocycles. The van der Waals surface area contributed by atoms with Crippen molar-refractivity contribution in [2.45, 2.75) is 53.1 Å². The molecule has 0 saturated heterocycles. The molecule has 26 heavy (non-hydrogen) atoms. The summed E-state index contributed by atoms with van der Waals surface area (Å²) in [5, 5.41) is 15.5. The summed E-state index contributed by atoms with van der Waals surface area (Å²) in [7, 11) is 1.92. The van der Waals surface area contributed by atoms with E-state index in [1.165, 1.54) is 12.1 Å². The van der Waals surface area contributed by atoms with Crippen molar-refractivity contribution in [2.24, 2.45) is 12.0 Å². The fraction of sp³-hybridized carbons (Fsp3) is 0.611. The fourth-order valence-corrected chi connectivity index (χ4v) is 2.62. The Balaban J connectivity index is 0.00000338. The fourth-order valence-electron chi connectivity index (χ4n) is 2.62. The lowest BCUT2D eigenvalue weighted by atomic mass is 10.3. The van der Waals surface area contributed by atoms with Gasteiger partial charge in [0, 0.05) is 44.1 Å². The summed E-state index contributed by atoms with van der Waals surface area (Å²) in [6, 6.07) is 2.11. The van der Waals surface area contributed by atoms with Crippen molar-refractivity contribution in [1.29, 1.82) is 0 Å². The van der Waals surface area contributed by atoms with Crippen LogP contribution in [0.25, 0.3) is 0 Å². The molecule has 8 heteroatoms. The number of aryl methyl sites for hydroxylation is 4. The Labute approximate surface area is 173 Å². The first kappa shape index (κ1) is 22.5. The van der Waals surface area contributed by atoms with Gasteiger partial charge in [0.25, 0.3) is 0 Å². The van der Waals surface area contributed by atoms with Crippen molar-refractivity contribution in [3.05, 3.63) is 35.4 Å². The lowest BCUT2D eigenvalue weighted by Crippen LogP contribution is -2.38. The Morgan fingerprint density at radius 1 is 1.19 bits per heavy atom. The van der Waals surface area contributed by atoms with Crippen molar-refractivity contribution >= 4 is 29.9 Å². The van der Waals surface area contributed by atoms with E-state index in [0.29, 0.717) is 6.54 Å². The zero-order valence-electron chi connectivity index (χ0n) is 16.3. The zero-order chi connectivity index (χ0) is 18.1. The number of unbranched alkanes of at least 4 members (excludes halogenated alkanes) is 1. The number of hydrogen-bond acceptors (Lipinski definition) is 3. The predicted molar refractivity (Wildman–Crippen MR) is 117 cm³/mol. The van der Waals surface area contributed by atoms with E-state index in [-0.39, 0.29) is 24.0 Å². The second kappa shape index (κ2) is 11.9. The standard InChI is InChI=1S/C18H31N7.HI/c1-5-6-8-19-18(21-12-17-13-22-24(4)14-17)20-9-7-10-25-16(3)11-15(2)23-25;/h11,13-14H,5-10,12H2,1-4H3,(H2,19,20,21);1H. The molecule has 0 atom stereocenters. The second-order valence-corrected chi connectivity index (χ2v) is 6.40. The smallest absolute Gasteiger partial charge is 0.191 e. The molecule has 2 rings (SSSR count). The van der Waals surface area contributed by atoms with E-state index in [0.717, 1.165) is 49.7 Å². The molecule has 2 aromatic heterocycles. The van der Waals surface area contributed by atoms with E-state index in [1.807, 2.05) is 26.4 Å². The SMILES string of the molecule is CCCCNC(=NCc1cnn(C)c1)NCCCn1nc(C)cc1C.I. The zero-order valence-corrected chi connectivity index (χ0v) is 18.7. The van der Waals surface area contributed by atoms with Crippen LogP contribution in [0.15, 0.2) is 23.5 Å². The molecule has 0 aliphatic heterocycles. The minimum absolute atomic E-state index is 0. The van der Waals surface area contributed by atoms with Gasteiger partial charge in [0.05, 0.1) is 18.4 Å². The van der Waals surface area contributed by atoms with Crippen LogP contribution in [0.2, 0.25) is 0 Å². The van der Waals surface area contributed by atoms with Gasteiger partial charge in [0.2, 0.25) is 0 Å². The molecule has 2 N–H and O–H groups in total. The highest BCUT2D eigenvalue weighted by Crippen LogP contribution is 2.02. The van der Waals surface area contributed by atoms with Crippen molar-refractivity contribution < 1.29 is 0 Å². The maximum Gasteiger partial charge on any atom is 0.191 e. The average molecular weight is 473 g/mol. The van der Waals surface area contributed by atoms with Crippen molar-refractivity contribution in [3.63, 3.8) is 0 Å². The van der Waals surface area contributed by atoms with Crippen LogP contribution < -0.4 is 10.6 Å². The Kier molecular flexibility index (Phi) is 10.3. The lowest BCUT2D eigenvalue weighted by Gasteiger charge is -2.12. The molecular formula is C18H32IN7. The molecule has 0 spiro atoms. The molecule has 0 unspecified atom stereocenters. The number of aliphatic imine (C=N–C) groups is 1. The number of nitrogens with one attached hydrogen (secondary N) is 2. The molecule has 0 fully saturated rings. The maximum atomic E-state index is 4.66. The van der Waals surface area contributed by atoms with Gasteiger partial charge in [-0.05, 0) is 32.8 Å². The van der Waals surface area contributed by atoms with Crippen molar-refractivity contribution in [3.8, 4) is 0 Å². The maximum absolute atomic E-state index is 4.66. The van der Waals surface area contributed by atoms with E-state index < -0.39 is 0 Å². The molecule has 0 amide bonds. The van der Waals surface area contributed by atoms with Gasteiger partial charge in [-0.1, -0.05) is 13.3 Å². The minimum Gasteiger partial charge on any atom is -0.356 e. The van der Waals surface area contributed by atoms with Gasteiger partial charge in [-0.25, -0.2) is 4.99 Å². The predicted octanol–water partition coefficient (Wildman–Crippen LogP) is 2.78. The first-order valence-corrected chi connectivity index (χ1v) is 9.09. The van der Waals surface area contributed by atoms with Gasteiger partial charge >= 0.3 is 0 Å². The molecular weight excluding hydrogens is 441 g/mol. The topological polar surface area (TPSA) is 72.1 Å². The molecule has 146 valence electrons. The third-order valence-corrected chi connectivity index (χ3v) is 3.94. The van der Waals surface area contributed by atoms with Crippen LogP contribution in [-0.4, -0.2) is 38.6 Å². The Bertz CT molecular complexity index is 675. The van der Waals surface area contributed by atoms with Gasteiger partial charge in [-0.3, -0.25) is 9.36 Å². The first-order valence-electron chi connectivity index (χ1n) is 9.09. The van der Waals surface area contributed by atoms with Crippen LogP contribution in [0.4, 0.5) is 0 Å². The normalized spacial score (nSPS) is 11.3. The van der Waals surface area contributed by atoms with Crippen LogP contribution in [0.1, 0.15) is 43.1 Å². The van der Waals surface area contributed by atoms with E-state index in [9.17, 15) is 0 Å². The molecule has 0 radical (unpaired) electrons. The highest BCUT2D eigenvalue weighted by molar-refractivity contribution is 14.0. The summed E-state index contributed by atoms with van der Waals surface area (Å²) in [6.07, 6.45) is 7.16. The van der Waals surface area contributed by atoms with Crippen LogP contribution in [0, 0.1) is 13.8 Å². The minimum atomic E-state index is 0. The second-order valence-electron chi connectivity index (χ2n) is 6.40. The number of guanidine groups is 1.